The predicted octanol–water partition coefficient (Wildman–Crippen LogP) is -1.16. The molecule has 0 aromatic rings. The molecule has 4 nitrogen and oxygen atoms in total. The van der Waals surface area contributed by atoms with Crippen molar-refractivity contribution in [3.63, 3.8) is 0 Å². The van der Waals surface area contributed by atoms with Gasteiger partial charge in [-0.25, -0.2) is 0 Å². The number of hydrogen-bond donors (Lipinski definition) is 2. The van der Waals surface area contributed by atoms with Crippen LogP contribution in [0.4, 0.5) is 0 Å². The monoisotopic (exact) mass is 104 g/mol. The van der Waals surface area contributed by atoms with Gasteiger partial charge >= 0.3 is 6.47 Å². The fourth-order valence-corrected chi connectivity index (χ4v) is 0.148. The first-order valence-corrected chi connectivity index (χ1v) is 1.88. The van der Waals surface area contributed by atoms with E-state index in [4.69, 9.17) is 0 Å². The van der Waals surface area contributed by atoms with Crippen molar-refractivity contribution in [3.8, 4) is 0 Å². The van der Waals surface area contributed by atoms with Crippen molar-refractivity contribution in [1.82, 2.24) is 10.8 Å². The smallest absolute Gasteiger partial charge is 0.312 e. The normalized spacial score (nSPS) is 8.14. The Balaban J connectivity index is 2.56. The summed E-state index contributed by atoms with van der Waals surface area (Å²) in [5.41, 5.74) is 2.31. The molecule has 0 aromatic heterocycles. The van der Waals surface area contributed by atoms with Gasteiger partial charge in [0.25, 0.3) is 0 Å². The summed E-state index contributed by atoms with van der Waals surface area (Å²) in [6, 6.07) is 0. The Labute approximate surface area is 41.8 Å². The van der Waals surface area contributed by atoms with E-state index >= 15 is 0 Å². The van der Waals surface area contributed by atoms with Gasteiger partial charge in [0.15, 0.2) is 0 Å². The zero-order valence-corrected chi connectivity index (χ0v) is 4.10. The first-order chi connectivity index (χ1) is 3.41. The molecule has 4 heteroatoms. The lowest BCUT2D eigenvalue weighted by atomic mass is 11.1. The second-order valence-electron chi connectivity index (χ2n) is 0.889. The van der Waals surface area contributed by atoms with Crippen molar-refractivity contribution in [2.24, 2.45) is 0 Å². The van der Waals surface area contributed by atoms with Crippen molar-refractivity contribution in [1.29, 1.82) is 0 Å². The molecule has 2 N–H and O–H groups in total. The summed E-state index contributed by atoms with van der Waals surface area (Å²) < 4.78 is 0. The largest absolute Gasteiger partial charge is 0.372 e. The van der Waals surface area contributed by atoms with Crippen LogP contribution in [-0.4, -0.2) is 20.2 Å². The van der Waals surface area contributed by atoms with E-state index in [1.807, 2.05) is 0 Å². The molecule has 0 atom stereocenters. The fourth-order valence-electron chi connectivity index (χ4n) is 0.148. The average molecular weight is 104 g/mol. The van der Waals surface area contributed by atoms with Gasteiger partial charge in [-0.2, -0.15) is 0 Å². The summed E-state index contributed by atoms with van der Waals surface area (Å²) in [5.74, 6) is 0. The van der Waals surface area contributed by atoms with E-state index in [1.165, 1.54) is 0 Å². The molecule has 42 valence electrons. The molecule has 0 rings (SSSR count). The van der Waals surface area contributed by atoms with E-state index in [0.29, 0.717) is 13.1 Å². The van der Waals surface area contributed by atoms with Gasteiger partial charge in [-0.05, 0) is 7.05 Å². The SMILES string of the molecule is CNCNOC=O. The molecular weight excluding hydrogens is 96.0 g/mol. The summed E-state index contributed by atoms with van der Waals surface area (Å²) in [4.78, 5) is 13.4. The quantitative estimate of drug-likeness (QED) is 0.204. The Morgan fingerprint density at radius 3 is 3.00 bits per heavy atom. The summed E-state index contributed by atoms with van der Waals surface area (Å²) in [6.07, 6.45) is 0. The van der Waals surface area contributed by atoms with Crippen molar-refractivity contribution in [3.05, 3.63) is 0 Å². The second-order valence-corrected chi connectivity index (χ2v) is 0.889. The summed E-state index contributed by atoms with van der Waals surface area (Å²) in [7, 11) is 1.74. The standard InChI is InChI=1S/C3H8N2O2/c1-4-2-5-7-3-6/h3-5H,2H2,1H3. The Bertz CT molecular complexity index is 48.2. The van der Waals surface area contributed by atoms with Gasteiger partial charge < -0.3 is 10.2 Å². The van der Waals surface area contributed by atoms with Crippen LogP contribution in [0.2, 0.25) is 0 Å². The molecule has 0 radical (unpaired) electrons. The Morgan fingerprint density at radius 2 is 2.57 bits per heavy atom. The number of hydroxylamine groups is 1. The zero-order valence-electron chi connectivity index (χ0n) is 4.10. The fraction of sp³-hybridized carbons (Fsp3) is 0.667. The van der Waals surface area contributed by atoms with Gasteiger partial charge in [-0.15, -0.1) is 5.48 Å². The van der Waals surface area contributed by atoms with E-state index in [9.17, 15) is 4.79 Å². The highest BCUT2D eigenvalue weighted by molar-refractivity contribution is 5.36. The van der Waals surface area contributed by atoms with E-state index in [0.717, 1.165) is 0 Å². The third-order valence-electron chi connectivity index (χ3n) is 0.380. The average Bonchev–Trinajstić information content (AvgIpc) is 1.69. The van der Waals surface area contributed by atoms with E-state index < -0.39 is 0 Å². The summed E-state index contributed by atoms with van der Waals surface area (Å²) in [6.45, 7) is 0.802. The van der Waals surface area contributed by atoms with Crippen LogP contribution in [0.25, 0.3) is 0 Å². The van der Waals surface area contributed by atoms with Crippen LogP contribution in [0.15, 0.2) is 0 Å². The minimum atomic E-state index is 0.331. The predicted molar refractivity (Wildman–Crippen MR) is 24.2 cm³/mol. The lowest BCUT2D eigenvalue weighted by Crippen LogP contribution is -2.25. The molecule has 7 heavy (non-hydrogen) atoms. The van der Waals surface area contributed by atoms with Gasteiger partial charge in [0.05, 0.1) is 6.67 Å². The molecule has 0 unspecified atom stereocenters. The molecule has 0 saturated heterocycles. The summed E-state index contributed by atoms with van der Waals surface area (Å²) >= 11 is 0. The second kappa shape index (κ2) is 5.39. The van der Waals surface area contributed by atoms with Crippen LogP contribution in [0.1, 0.15) is 0 Å². The third kappa shape index (κ3) is 5.39. The molecule has 0 aliphatic heterocycles. The highest BCUT2D eigenvalue weighted by Gasteiger charge is 1.73. The van der Waals surface area contributed by atoms with Gasteiger partial charge in [-0.3, -0.25) is 4.79 Å². The highest BCUT2D eigenvalue weighted by Crippen LogP contribution is 1.47. The minimum Gasteiger partial charge on any atom is -0.372 e. The molecule has 0 aliphatic carbocycles. The Morgan fingerprint density at radius 1 is 1.86 bits per heavy atom. The lowest BCUT2D eigenvalue weighted by molar-refractivity contribution is -0.135. The molecule has 0 saturated carbocycles. The number of rotatable bonds is 4. The molecule has 0 aliphatic rings. The van der Waals surface area contributed by atoms with Gasteiger partial charge in [0.2, 0.25) is 0 Å². The Hall–Kier alpha value is -0.610. The van der Waals surface area contributed by atoms with Gasteiger partial charge in [-0.1, -0.05) is 0 Å². The van der Waals surface area contributed by atoms with Crippen molar-refractivity contribution in [2.45, 2.75) is 0 Å². The zero-order chi connectivity index (χ0) is 5.54. The van der Waals surface area contributed by atoms with Crippen LogP contribution in [0, 0.1) is 0 Å². The molecular formula is C3H8N2O2. The third-order valence-corrected chi connectivity index (χ3v) is 0.380. The number of nitrogens with one attached hydrogen (secondary N) is 2. The van der Waals surface area contributed by atoms with Crippen LogP contribution in [0.3, 0.4) is 0 Å². The van der Waals surface area contributed by atoms with Crippen molar-refractivity contribution in [2.75, 3.05) is 13.7 Å². The topological polar surface area (TPSA) is 50.4 Å². The molecule has 0 amide bonds. The van der Waals surface area contributed by atoms with Crippen LogP contribution in [0.5, 0.6) is 0 Å². The number of carbonyl (C=O) groups excluding carboxylic acids is 1. The molecule has 0 fully saturated rings. The maximum atomic E-state index is 9.37. The summed E-state index contributed by atoms with van der Waals surface area (Å²) in [5, 5.41) is 2.71. The first-order valence-electron chi connectivity index (χ1n) is 1.88. The molecule has 0 spiro atoms. The first kappa shape index (κ1) is 6.39. The van der Waals surface area contributed by atoms with Crippen LogP contribution >= 0.6 is 0 Å². The van der Waals surface area contributed by atoms with Gasteiger partial charge in [0, 0.05) is 0 Å². The van der Waals surface area contributed by atoms with Crippen molar-refractivity contribution < 1.29 is 9.63 Å². The van der Waals surface area contributed by atoms with Crippen LogP contribution in [-0.2, 0) is 9.63 Å². The van der Waals surface area contributed by atoms with Gasteiger partial charge in [0.1, 0.15) is 0 Å². The lowest BCUT2D eigenvalue weighted by Gasteiger charge is -1.95. The van der Waals surface area contributed by atoms with E-state index in [2.05, 4.69) is 15.6 Å². The van der Waals surface area contributed by atoms with Crippen LogP contribution < -0.4 is 10.8 Å². The number of carbonyl (C=O) groups is 1. The number of hydrogen-bond acceptors (Lipinski definition) is 4. The maximum absolute atomic E-state index is 9.37. The highest BCUT2D eigenvalue weighted by atomic mass is 16.7. The van der Waals surface area contributed by atoms with E-state index in [-0.39, 0.29) is 0 Å². The molecule has 0 aromatic carbocycles. The molecule has 0 bridgehead atoms. The molecule has 0 heterocycles. The minimum absolute atomic E-state index is 0.331. The Kier molecular flexibility index (Phi) is 4.92. The maximum Gasteiger partial charge on any atom is 0.312 e. The van der Waals surface area contributed by atoms with E-state index in [1.54, 1.807) is 7.05 Å². The van der Waals surface area contributed by atoms with Crippen molar-refractivity contribution >= 4 is 6.47 Å².